The molecule has 54 valence electrons. The van der Waals surface area contributed by atoms with E-state index in [9.17, 15) is 4.79 Å². The normalized spacial score (nSPS) is 9.56. The monoisotopic (exact) mass is 129 g/mol. The zero-order valence-electron chi connectivity index (χ0n) is 6.24. The fourth-order valence-electron chi connectivity index (χ4n) is 0.566. The number of carbonyl (C=O) groups is 1. The van der Waals surface area contributed by atoms with Crippen LogP contribution in [0.3, 0.4) is 0 Å². The van der Waals surface area contributed by atoms with E-state index in [4.69, 9.17) is 0 Å². The lowest BCUT2D eigenvalue weighted by molar-refractivity contribution is -0.116. The van der Waals surface area contributed by atoms with Crippen molar-refractivity contribution in [1.82, 2.24) is 5.32 Å². The van der Waals surface area contributed by atoms with Gasteiger partial charge < -0.3 is 5.32 Å². The van der Waals surface area contributed by atoms with Crippen LogP contribution in [-0.2, 0) is 4.79 Å². The second-order valence-corrected chi connectivity index (χ2v) is 2.20. The Morgan fingerprint density at radius 1 is 1.44 bits per heavy atom. The summed E-state index contributed by atoms with van der Waals surface area (Å²) < 4.78 is 0. The lowest BCUT2D eigenvalue weighted by Gasteiger charge is -1.97. The van der Waals surface area contributed by atoms with Gasteiger partial charge in [-0.25, -0.2) is 0 Å². The van der Waals surface area contributed by atoms with E-state index < -0.39 is 0 Å². The lowest BCUT2D eigenvalue weighted by atomic mass is 10.3. The molecular formula is C7H15NO. The van der Waals surface area contributed by atoms with Gasteiger partial charge in [-0.2, -0.15) is 0 Å². The quantitative estimate of drug-likeness (QED) is 0.560. The van der Waals surface area contributed by atoms with Gasteiger partial charge in [-0.3, -0.25) is 4.79 Å². The highest BCUT2D eigenvalue weighted by Gasteiger charge is 1.89. The molecule has 0 unspecified atom stereocenters. The second kappa shape index (κ2) is 5.76. The SMILES string of the molecule is CCCNCCC(C)=O. The molecule has 0 amide bonds. The molecular weight excluding hydrogens is 114 g/mol. The van der Waals surface area contributed by atoms with Crippen LogP contribution >= 0.6 is 0 Å². The van der Waals surface area contributed by atoms with Gasteiger partial charge in [0.2, 0.25) is 0 Å². The number of rotatable bonds is 5. The molecule has 0 aromatic rings. The summed E-state index contributed by atoms with van der Waals surface area (Å²) in [6, 6.07) is 0. The molecule has 0 heterocycles. The van der Waals surface area contributed by atoms with Gasteiger partial charge in [-0.15, -0.1) is 0 Å². The van der Waals surface area contributed by atoms with E-state index >= 15 is 0 Å². The minimum absolute atomic E-state index is 0.263. The third-order valence-electron chi connectivity index (χ3n) is 1.08. The van der Waals surface area contributed by atoms with Crippen molar-refractivity contribution >= 4 is 5.78 Å². The summed E-state index contributed by atoms with van der Waals surface area (Å²) in [5, 5.41) is 3.15. The van der Waals surface area contributed by atoms with Crippen molar-refractivity contribution in [2.45, 2.75) is 26.7 Å². The van der Waals surface area contributed by atoms with Crippen molar-refractivity contribution < 1.29 is 4.79 Å². The van der Waals surface area contributed by atoms with E-state index in [2.05, 4.69) is 12.2 Å². The zero-order valence-corrected chi connectivity index (χ0v) is 6.24. The Kier molecular flexibility index (Phi) is 5.52. The van der Waals surface area contributed by atoms with E-state index in [1.165, 1.54) is 0 Å². The molecule has 9 heavy (non-hydrogen) atoms. The second-order valence-electron chi connectivity index (χ2n) is 2.20. The Hall–Kier alpha value is -0.370. The van der Waals surface area contributed by atoms with E-state index in [1.807, 2.05) is 0 Å². The molecule has 0 aliphatic rings. The maximum atomic E-state index is 10.4. The number of Topliss-reactive ketones (excluding diaryl/α,β-unsaturated/α-hetero) is 1. The molecule has 0 rings (SSSR count). The maximum absolute atomic E-state index is 10.4. The molecule has 0 aromatic heterocycles. The summed E-state index contributed by atoms with van der Waals surface area (Å²) >= 11 is 0. The number of hydrogen-bond acceptors (Lipinski definition) is 2. The molecule has 0 atom stereocenters. The smallest absolute Gasteiger partial charge is 0.131 e. The Bertz CT molecular complexity index is 81.0. The first-order valence-corrected chi connectivity index (χ1v) is 3.47. The van der Waals surface area contributed by atoms with Crippen LogP contribution in [0, 0.1) is 0 Å². The first-order chi connectivity index (χ1) is 4.27. The zero-order chi connectivity index (χ0) is 7.11. The minimum Gasteiger partial charge on any atom is -0.316 e. The molecule has 1 N–H and O–H groups in total. The van der Waals surface area contributed by atoms with Crippen molar-refractivity contribution in [3.63, 3.8) is 0 Å². The predicted molar refractivity (Wildman–Crippen MR) is 38.5 cm³/mol. The van der Waals surface area contributed by atoms with Gasteiger partial charge >= 0.3 is 0 Å². The molecule has 2 nitrogen and oxygen atoms in total. The molecule has 0 saturated carbocycles. The molecule has 2 heteroatoms. The van der Waals surface area contributed by atoms with Crippen LogP contribution < -0.4 is 5.32 Å². The number of ketones is 1. The highest BCUT2D eigenvalue weighted by molar-refractivity contribution is 5.75. The Balaban J connectivity index is 2.83. The van der Waals surface area contributed by atoms with Gasteiger partial charge in [0, 0.05) is 13.0 Å². The molecule has 0 saturated heterocycles. The highest BCUT2D eigenvalue weighted by atomic mass is 16.1. The Labute approximate surface area is 56.6 Å². The molecule has 0 aliphatic heterocycles. The summed E-state index contributed by atoms with van der Waals surface area (Å²) in [6.07, 6.45) is 1.80. The van der Waals surface area contributed by atoms with Gasteiger partial charge in [0.05, 0.1) is 0 Å². The van der Waals surface area contributed by atoms with E-state index in [0.717, 1.165) is 19.5 Å². The van der Waals surface area contributed by atoms with E-state index in [1.54, 1.807) is 6.92 Å². The third-order valence-corrected chi connectivity index (χ3v) is 1.08. The number of hydrogen-bond donors (Lipinski definition) is 1. The standard InChI is InChI=1S/C7H15NO/c1-3-5-8-6-4-7(2)9/h8H,3-6H2,1-2H3. The van der Waals surface area contributed by atoms with Gasteiger partial charge in [0.1, 0.15) is 5.78 Å². The summed E-state index contributed by atoms with van der Waals surface area (Å²) in [6.45, 7) is 5.59. The van der Waals surface area contributed by atoms with Gasteiger partial charge in [-0.1, -0.05) is 6.92 Å². The fraction of sp³-hybridized carbons (Fsp3) is 0.857. The molecule has 0 bridgehead atoms. The molecule has 0 aromatic carbocycles. The van der Waals surface area contributed by atoms with Gasteiger partial charge in [0.25, 0.3) is 0 Å². The first kappa shape index (κ1) is 8.63. The average Bonchev–Trinajstić information content (AvgIpc) is 1.80. The van der Waals surface area contributed by atoms with Crippen LogP contribution in [0.4, 0.5) is 0 Å². The number of nitrogens with one attached hydrogen (secondary N) is 1. The summed E-state index contributed by atoms with van der Waals surface area (Å²) in [5.41, 5.74) is 0. The maximum Gasteiger partial charge on any atom is 0.131 e. The average molecular weight is 129 g/mol. The van der Waals surface area contributed by atoms with Crippen molar-refractivity contribution in [2.24, 2.45) is 0 Å². The fourth-order valence-corrected chi connectivity index (χ4v) is 0.566. The van der Waals surface area contributed by atoms with Crippen LogP contribution in [0.25, 0.3) is 0 Å². The van der Waals surface area contributed by atoms with Crippen LogP contribution in [-0.4, -0.2) is 18.9 Å². The molecule has 0 spiro atoms. The molecule has 0 radical (unpaired) electrons. The molecule has 0 aliphatic carbocycles. The minimum atomic E-state index is 0.263. The summed E-state index contributed by atoms with van der Waals surface area (Å²) in [5.74, 6) is 0.263. The molecule has 0 fully saturated rings. The largest absolute Gasteiger partial charge is 0.316 e. The third kappa shape index (κ3) is 7.63. The Morgan fingerprint density at radius 2 is 2.11 bits per heavy atom. The van der Waals surface area contributed by atoms with E-state index in [-0.39, 0.29) is 5.78 Å². The lowest BCUT2D eigenvalue weighted by Crippen LogP contribution is -2.17. The summed E-state index contributed by atoms with van der Waals surface area (Å²) in [4.78, 5) is 10.4. The van der Waals surface area contributed by atoms with Crippen LogP contribution in [0.2, 0.25) is 0 Å². The first-order valence-electron chi connectivity index (χ1n) is 3.47. The topological polar surface area (TPSA) is 29.1 Å². The van der Waals surface area contributed by atoms with Gasteiger partial charge in [0.15, 0.2) is 0 Å². The van der Waals surface area contributed by atoms with Crippen molar-refractivity contribution in [3.05, 3.63) is 0 Å². The number of carbonyl (C=O) groups excluding carboxylic acids is 1. The van der Waals surface area contributed by atoms with Crippen LogP contribution in [0.15, 0.2) is 0 Å². The van der Waals surface area contributed by atoms with E-state index in [0.29, 0.717) is 6.42 Å². The highest BCUT2D eigenvalue weighted by Crippen LogP contribution is 1.78. The summed E-state index contributed by atoms with van der Waals surface area (Å²) in [7, 11) is 0. The van der Waals surface area contributed by atoms with Crippen molar-refractivity contribution in [3.8, 4) is 0 Å². The predicted octanol–water partition coefficient (Wildman–Crippen LogP) is 0.965. The Morgan fingerprint density at radius 3 is 2.56 bits per heavy atom. The van der Waals surface area contributed by atoms with Crippen molar-refractivity contribution in [1.29, 1.82) is 0 Å². The van der Waals surface area contributed by atoms with Gasteiger partial charge in [-0.05, 0) is 19.9 Å². The van der Waals surface area contributed by atoms with Crippen molar-refractivity contribution in [2.75, 3.05) is 13.1 Å². The van der Waals surface area contributed by atoms with Crippen LogP contribution in [0.1, 0.15) is 26.7 Å². The van der Waals surface area contributed by atoms with Crippen LogP contribution in [0.5, 0.6) is 0 Å².